The molecule has 13 nitrogen and oxygen atoms in total. The molecule has 0 radical (unpaired) electrons. The summed E-state index contributed by atoms with van der Waals surface area (Å²) in [5.74, 6) is -2.58. The Kier molecular flexibility index (Phi) is 17.4. The highest BCUT2D eigenvalue weighted by atomic mass is 35.5. The average Bonchev–Trinajstić information content (AvgIpc) is 2.95. The quantitative estimate of drug-likeness (QED) is 0.0767. The van der Waals surface area contributed by atoms with Gasteiger partial charge >= 0.3 is 12.0 Å². The van der Waals surface area contributed by atoms with E-state index in [2.05, 4.69) is 26.6 Å². The van der Waals surface area contributed by atoms with Crippen molar-refractivity contribution < 1.29 is 33.5 Å². The van der Waals surface area contributed by atoms with Crippen LogP contribution in [0.15, 0.2) is 24.3 Å². The number of rotatable bonds is 19. The normalized spacial score (nSPS) is 12.2. The standard InChI is InChI=1S/C29H45ClN6O7/c1-18(2)25(36-23(37)9-5-6-14-32-24(38)16-30)27(40)35-22(8-7-15-33-29(31)42)26(39)34-21-12-10-20(11-13-21)17-43-28(41)19(3)4/h10-13,18-19,22,25H,5-9,14-17H2,1-4H3,(H,32,38)(H,34,39)(H,35,40)(H,36,37)(H3,31,33,42). The number of anilines is 1. The van der Waals surface area contributed by atoms with Crippen LogP contribution in [0.2, 0.25) is 0 Å². The van der Waals surface area contributed by atoms with Crippen LogP contribution >= 0.6 is 11.6 Å². The molecule has 0 bridgehead atoms. The molecule has 1 rings (SSSR count). The summed E-state index contributed by atoms with van der Waals surface area (Å²) >= 11 is 5.43. The molecule has 240 valence electrons. The molecule has 6 amide bonds. The van der Waals surface area contributed by atoms with Crippen molar-refractivity contribution in [2.24, 2.45) is 17.6 Å². The molecule has 0 aromatic heterocycles. The Balaban J connectivity index is 2.82. The Bertz CT molecular complexity index is 1080. The summed E-state index contributed by atoms with van der Waals surface area (Å²) in [5, 5.41) is 13.3. The van der Waals surface area contributed by atoms with Crippen LogP contribution in [0.3, 0.4) is 0 Å². The molecule has 2 atom stereocenters. The van der Waals surface area contributed by atoms with E-state index in [1.807, 2.05) is 0 Å². The van der Waals surface area contributed by atoms with Crippen LogP contribution in [0.5, 0.6) is 0 Å². The number of nitrogens with two attached hydrogens (primary N) is 1. The van der Waals surface area contributed by atoms with Crippen LogP contribution in [0.4, 0.5) is 10.5 Å². The Morgan fingerprint density at radius 3 is 2.07 bits per heavy atom. The molecule has 0 aliphatic rings. The maximum Gasteiger partial charge on any atom is 0.312 e. The molecule has 0 heterocycles. The van der Waals surface area contributed by atoms with E-state index >= 15 is 0 Å². The number of hydrogen-bond acceptors (Lipinski definition) is 7. The number of carbonyl (C=O) groups excluding carboxylic acids is 6. The second-order valence-electron chi connectivity index (χ2n) is 10.7. The predicted molar refractivity (Wildman–Crippen MR) is 163 cm³/mol. The highest BCUT2D eigenvalue weighted by Crippen LogP contribution is 2.13. The van der Waals surface area contributed by atoms with Crippen molar-refractivity contribution in [2.45, 2.75) is 78.5 Å². The summed E-state index contributed by atoms with van der Waals surface area (Å²) in [6, 6.07) is 4.17. The highest BCUT2D eigenvalue weighted by molar-refractivity contribution is 6.27. The molecular formula is C29H45ClN6O7. The number of benzene rings is 1. The minimum Gasteiger partial charge on any atom is -0.461 e. The van der Waals surface area contributed by atoms with Gasteiger partial charge < -0.3 is 37.1 Å². The van der Waals surface area contributed by atoms with Gasteiger partial charge in [-0.3, -0.25) is 24.0 Å². The van der Waals surface area contributed by atoms with Crippen molar-refractivity contribution in [3.05, 3.63) is 29.8 Å². The van der Waals surface area contributed by atoms with Gasteiger partial charge in [-0.05, 0) is 49.3 Å². The lowest BCUT2D eigenvalue weighted by Gasteiger charge is -2.25. The fraction of sp³-hybridized carbons (Fsp3) is 0.586. The van der Waals surface area contributed by atoms with Gasteiger partial charge in [0.2, 0.25) is 23.6 Å². The first-order valence-corrected chi connectivity index (χ1v) is 14.9. The zero-order chi connectivity index (χ0) is 32.4. The number of esters is 1. The number of ether oxygens (including phenoxy) is 1. The van der Waals surface area contributed by atoms with Crippen molar-refractivity contribution in [3.63, 3.8) is 0 Å². The lowest BCUT2D eigenvalue weighted by Crippen LogP contribution is -2.54. The predicted octanol–water partition coefficient (Wildman–Crippen LogP) is 1.92. The fourth-order valence-electron chi connectivity index (χ4n) is 3.75. The van der Waals surface area contributed by atoms with Crippen LogP contribution in [0.25, 0.3) is 0 Å². The molecular weight excluding hydrogens is 580 g/mol. The van der Waals surface area contributed by atoms with E-state index in [9.17, 15) is 28.8 Å². The number of primary amides is 1. The van der Waals surface area contributed by atoms with Crippen molar-refractivity contribution >= 4 is 52.9 Å². The van der Waals surface area contributed by atoms with Gasteiger partial charge in [-0.1, -0.05) is 39.8 Å². The van der Waals surface area contributed by atoms with E-state index in [-0.39, 0.29) is 61.5 Å². The van der Waals surface area contributed by atoms with Gasteiger partial charge in [-0.25, -0.2) is 4.79 Å². The van der Waals surface area contributed by atoms with E-state index < -0.39 is 29.9 Å². The largest absolute Gasteiger partial charge is 0.461 e. The number of halogens is 1. The monoisotopic (exact) mass is 624 g/mol. The van der Waals surface area contributed by atoms with Crippen molar-refractivity contribution in [2.75, 3.05) is 24.3 Å². The zero-order valence-electron chi connectivity index (χ0n) is 25.3. The molecule has 14 heteroatoms. The van der Waals surface area contributed by atoms with Crippen LogP contribution in [0, 0.1) is 11.8 Å². The van der Waals surface area contributed by atoms with Crippen LogP contribution in [-0.2, 0) is 35.3 Å². The first-order chi connectivity index (χ1) is 20.3. The van der Waals surface area contributed by atoms with E-state index in [0.29, 0.717) is 31.5 Å². The third-order valence-electron chi connectivity index (χ3n) is 6.22. The Morgan fingerprint density at radius 1 is 0.837 bits per heavy atom. The number of unbranched alkanes of at least 4 members (excludes halogenated alkanes) is 1. The molecule has 0 saturated heterocycles. The van der Waals surface area contributed by atoms with Crippen molar-refractivity contribution in [1.29, 1.82) is 0 Å². The lowest BCUT2D eigenvalue weighted by atomic mass is 10.0. The lowest BCUT2D eigenvalue weighted by molar-refractivity contribution is -0.148. The van der Waals surface area contributed by atoms with Crippen molar-refractivity contribution in [3.8, 4) is 0 Å². The van der Waals surface area contributed by atoms with E-state index in [1.54, 1.807) is 52.0 Å². The molecule has 0 aliphatic carbocycles. The Hall–Kier alpha value is -3.87. The molecule has 1 aromatic carbocycles. The second kappa shape index (κ2) is 20.1. The summed E-state index contributed by atoms with van der Waals surface area (Å²) in [6.07, 6.45) is 1.76. The summed E-state index contributed by atoms with van der Waals surface area (Å²) in [5.41, 5.74) is 6.32. The number of hydrogen-bond donors (Lipinski definition) is 6. The SMILES string of the molecule is CC(C)C(=O)OCc1ccc(NC(=O)C(CCCNC(N)=O)NC(=O)C(NC(=O)CCCCNC(=O)CCl)C(C)C)cc1. The summed E-state index contributed by atoms with van der Waals surface area (Å²) in [7, 11) is 0. The first-order valence-electron chi connectivity index (χ1n) is 14.4. The Morgan fingerprint density at radius 2 is 1.49 bits per heavy atom. The summed E-state index contributed by atoms with van der Waals surface area (Å²) in [6.45, 7) is 7.73. The number of urea groups is 1. The molecule has 0 aliphatic heterocycles. The van der Waals surface area contributed by atoms with E-state index in [4.69, 9.17) is 22.1 Å². The topological polar surface area (TPSA) is 198 Å². The van der Waals surface area contributed by atoms with Crippen LogP contribution in [0.1, 0.15) is 65.4 Å². The first kappa shape index (κ1) is 37.2. The highest BCUT2D eigenvalue weighted by Gasteiger charge is 2.28. The number of carbonyl (C=O) groups is 6. The smallest absolute Gasteiger partial charge is 0.312 e. The van der Waals surface area contributed by atoms with Gasteiger partial charge in [0.1, 0.15) is 24.6 Å². The fourth-order valence-corrected chi connectivity index (χ4v) is 3.84. The molecule has 0 fully saturated rings. The molecule has 43 heavy (non-hydrogen) atoms. The number of amides is 6. The van der Waals surface area contributed by atoms with E-state index in [0.717, 1.165) is 5.56 Å². The van der Waals surface area contributed by atoms with Crippen molar-refractivity contribution in [1.82, 2.24) is 21.3 Å². The Labute approximate surface area is 257 Å². The minimum atomic E-state index is -0.974. The van der Waals surface area contributed by atoms with Gasteiger partial charge in [0.05, 0.1) is 5.92 Å². The van der Waals surface area contributed by atoms with Gasteiger partial charge in [0.25, 0.3) is 0 Å². The zero-order valence-corrected chi connectivity index (χ0v) is 26.1. The van der Waals surface area contributed by atoms with Gasteiger partial charge in [-0.2, -0.15) is 0 Å². The van der Waals surface area contributed by atoms with Gasteiger partial charge in [0.15, 0.2) is 0 Å². The number of nitrogens with one attached hydrogen (secondary N) is 5. The summed E-state index contributed by atoms with van der Waals surface area (Å²) in [4.78, 5) is 72.9. The molecule has 0 saturated carbocycles. The number of alkyl halides is 1. The molecule has 1 aromatic rings. The average molecular weight is 625 g/mol. The molecule has 7 N–H and O–H groups in total. The molecule has 2 unspecified atom stereocenters. The minimum absolute atomic E-state index is 0.101. The maximum atomic E-state index is 13.2. The van der Waals surface area contributed by atoms with Crippen LogP contribution < -0.4 is 32.3 Å². The second-order valence-corrected chi connectivity index (χ2v) is 10.9. The molecule has 0 spiro atoms. The van der Waals surface area contributed by atoms with Crippen LogP contribution in [-0.4, -0.2) is 66.7 Å². The van der Waals surface area contributed by atoms with Gasteiger partial charge in [-0.15, -0.1) is 11.6 Å². The van der Waals surface area contributed by atoms with Gasteiger partial charge in [0, 0.05) is 25.2 Å². The third-order valence-corrected chi connectivity index (χ3v) is 6.46. The van der Waals surface area contributed by atoms with E-state index in [1.165, 1.54) is 0 Å². The maximum absolute atomic E-state index is 13.2. The summed E-state index contributed by atoms with van der Waals surface area (Å²) < 4.78 is 5.22. The third kappa shape index (κ3) is 15.8.